The van der Waals surface area contributed by atoms with Gasteiger partial charge in [0.05, 0.1) is 0 Å². The zero-order chi connectivity index (χ0) is 10.3. The molecular formula is C11H19NO. The monoisotopic (exact) mass is 181 g/mol. The molecule has 0 aliphatic carbocycles. The maximum atomic E-state index is 10.6. The summed E-state index contributed by atoms with van der Waals surface area (Å²) in [6, 6.07) is 0. The number of nitrogens with zero attached hydrogens (tertiary/aromatic N) is 1. The van der Waals surface area contributed by atoms with Crippen LogP contribution in [-0.4, -0.2) is 24.8 Å². The molecule has 0 saturated heterocycles. The number of carbonyl (C=O) groups is 1. The Labute approximate surface area is 80.9 Å². The topological polar surface area (TPSA) is 20.3 Å². The van der Waals surface area contributed by atoms with Gasteiger partial charge in [0.15, 0.2) is 6.29 Å². The molecule has 0 radical (unpaired) electrons. The zero-order valence-electron chi connectivity index (χ0n) is 8.84. The molecule has 74 valence electrons. The highest BCUT2D eigenvalue weighted by Gasteiger charge is 2.04. The lowest BCUT2D eigenvalue weighted by Gasteiger charge is -2.21. The Morgan fingerprint density at radius 3 is 2.54 bits per heavy atom. The maximum Gasteiger partial charge on any atom is 0.151 e. The van der Waals surface area contributed by atoms with Crippen molar-refractivity contribution in [3.63, 3.8) is 0 Å². The van der Waals surface area contributed by atoms with Gasteiger partial charge >= 0.3 is 0 Å². The highest BCUT2D eigenvalue weighted by molar-refractivity contribution is 5.79. The van der Waals surface area contributed by atoms with E-state index in [1.165, 1.54) is 0 Å². The van der Waals surface area contributed by atoms with Crippen molar-refractivity contribution in [2.45, 2.75) is 26.7 Å². The summed E-state index contributed by atoms with van der Waals surface area (Å²) in [7, 11) is 1.96. The Kier molecular flexibility index (Phi) is 5.94. The quantitative estimate of drug-likeness (QED) is 0.356. The molecule has 0 heterocycles. The number of hydrogen-bond acceptors (Lipinski definition) is 2. The van der Waals surface area contributed by atoms with Crippen LogP contribution >= 0.6 is 0 Å². The van der Waals surface area contributed by atoms with Crippen molar-refractivity contribution in [3.8, 4) is 0 Å². The SMILES string of the molecule is C=C(/C(C=O)=C\C)N(C)CCCC. The summed E-state index contributed by atoms with van der Waals surface area (Å²) >= 11 is 0. The first-order valence-corrected chi connectivity index (χ1v) is 4.69. The van der Waals surface area contributed by atoms with Crippen molar-refractivity contribution in [3.05, 3.63) is 23.9 Å². The van der Waals surface area contributed by atoms with Crippen molar-refractivity contribution in [1.82, 2.24) is 4.90 Å². The van der Waals surface area contributed by atoms with Crippen molar-refractivity contribution >= 4 is 6.29 Å². The van der Waals surface area contributed by atoms with Gasteiger partial charge in [-0.05, 0) is 13.3 Å². The normalized spacial score (nSPS) is 11.2. The molecule has 0 N–H and O–H groups in total. The van der Waals surface area contributed by atoms with Crippen molar-refractivity contribution in [2.24, 2.45) is 0 Å². The number of rotatable bonds is 6. The van der Waals surface area contributed by atoms with Crippen LogP contribution in [0.5, 0.6) is 0 Å². The predicted octanol–water partition coefficient (Wildman–Crippen LogP) is 2.38. The lowest BCUT2D eigenvalue weighted by molar-refractivity contribution is -0.104. The number of allylic oxidation sites excluding steroid dienone is 2. The van der Waals surface area contributed by atoms with E-state index in [4.69, 9.17) is 0 Å². The molecule has 13 heavy (non-hydrogen) atoms. The standard InChI is InChI=1S/C11H19NO/c1-5-7-8-12(4)10(3)11(6-2)9-13/h6,9H,3,5,7-8H2,1-2,4H3/b11-6-. The molecule has 0 atom stereocenters. The summed E-state index contributed by atoms with van der Waals surface area (Å²) in [6.07, 6.45) is 4.93. The van der Waals surface area contributed by atoms with Gasteiger partial charge in [0, 0.05) is 24.9 Å². The largest absolute Gasteiger partial charge is 0.375 e. The number of likely N-dealkylation sites (N-methyl/N-ethyl adjacent to an activating group) is 1. The van der Waals surface area contributed by atoms with E-state index < -0.39 is 0 Å². The Morgan fingerprint density at radius 1 is 1.54 bits per heavy atom. The first kappa shape index (κ1) is 11.9. The molecule has 0 amide bonds. The van der Waals surface area contributed by atoms with Crippen LogP contribution in [0.2, 0.25) is 0 Å². The van der Waals surface area contributed by atoms with Crippen LogP contribution in [-0.2, 0) is 4.79 Å². The molecule has 0 aliphatic rings. The number of carbonyl (C=O) groups excluding carboxylic acids is 1. The highest BCUT2D eigenvalue weighted by atomic mass is 16.1. The number of hydrogen-bond donors (Lipinski definition) is 0. The first-order chi connectivity index (χ1) is 6.17. The Bertz CT molecular complexity index is 206. The van der Waals surface area contributed by atoms with Crippen molar-refractivity contribution < 1.29 is 4.79 Å². The van der Waals surface area contributed by atoms with E-state index in [1.54, 1.807) is 6.08 Å². The van der Waals surface area contributed by atoms with Crippen molar-refractivity contribution in [1.29, 1.82) is 0 Å². The number of aldehydes is 1. The van der Waals surface area contributed by atoms with Crippen molar-refractivity contribution in [2.75, 3.05) is 13.6 Å². The third kappa shape index (κ3) is 3.92. The van der Waals surface area contributed by atoms with Crippen LogP contribution in [0.1, 0.15) is 26.7 Å². The molecule has 0 fully saturated rings. The van der Waals surface area contributed by atoms with E-state index in [0.717, 1.165) is 31.4 Å². The molecule has 2 heteroatoms. The fourth-order valence-corrected chi connectivity index (χ4v) is 1.05. The zero-order valence-corrected chi connectivity index (χ0v) is 8.84. The van der Waals surface area contributed by atoms with Gasteiger partial charge in [-0.3, -0.25) is 4.79 Å². The van der Waals surface area contributed by atoms with Crippen LogP contribution < -0.4 is 0 Å². The lowest BCUT2D eigenvalue weighted by Crippen LogP contribution is -2.19. The molecule has 2 nitrogen and oxygen atoms in total. The van der Waals surface area contributed by atoms with Crippen LogP contribution in [0.3, 0.4) is 0 Å². The minimum atomic E-state index is 0.679. The van der Waals surface area contributed by atoms with Crippen LogP contribution in [0.15, 0.2) is 23.9 Å². The minimum Gasteiger partial charge on any atom is -0.375 e. The van der Waals surface area contributed by atoms with E-state index in [1.807, 2.05) is 18.9 Å². The third-order valence-corrected chi connectivity index (χ3v) is 2.08. The summed E-state index contributed by atoms with van der Waals surface area (Å²) in [5.74, 6) is 0. The molecule has 0 rings (SSSR count). The Morgan fingerprint density at radius 2 is 2.15 bits per heavy atom. The summed E-state index contributed by atoms with van der Waals surface area (Å²) < 4.78 is 0. The van der Waals surface area contributed by atoms with E-state index >= 15 is 0 Å². The van der Waals surface area contributed by atoms with Gasteiger partial charge < -0.3 is 4.90 Å². The molecule has 0 aromatic carbocycles. The Hall–Kier alpha value is -1.05. The lowest BCUT2D eigenvalue weighted by atomic mass is 10.2. The smallest absolute Gasteiger partial charge is 0.151 e. The van der Waals surface area contributed by atoms with Gasteiger partial charge in [-0.25, -0.2) is 0 Å². The second-order valence-electron chi connectivity index (χ2n) is 3.08. The summed E-state index contributed by atoms with van der Waals surface area (Å²) in [5.41, 5.74) is 1.49. The average Bonchev–Trinajstić information content (AvgIpc) is 2.15. The van der Waals surface area contributed by atoms with Gasteiger partial charge in [-0.2, -0.15) is 0 Å². The molecule has 0 unspecified atom stereocenters. The maximum absolute atomic E-state index is 10.6. The third-order valence-electron chi connectivity index (χ3n) is 2.08. The highest BCUT2D eigenvalue weighted by Crippen LogP contribution is 2.09. The molecule has 0 aromatic heterocycles. The van der Waals surface area contributed by atoms with E-state index in [2.05, 4.69) is 13.5 Å². The van der Waals surface area contributed by atoms with E-state index in [0.29, 0.717) is 5.57 Å². The van der Waals surface area contributed by atoms with Gasteiger partial charge in [0.2, 0.25) is 0 Å². The second-order valence-corrected chi connectivity index (χ2v) is 3.08. The van der Waals surface area contributed by atoms with Gasteiger partial charge in [0.1, 0.15) is 0 Å². The van der Waals surface area contributed by atoms with Crippen LogP contribution in [0.25, 0.3) is 0 Å². The Balaban J connectivity index is 4.16. The molecule has 0 aliphatic heterocycles. The molecule has 0 aromatic rings. The number of unbranched alkanes of at least 4 members (excludes halogenated alkanes) is 1. The van der Waals surface area contributed by atoms with Crippen LogP contribution in [0, 0.1) is 0 Å². The summed E-state index contributed by atoms with van der Waals surface area (Å²) in [4.78, 5) is 12.6. The fourth-order valence-electron chi connectivity index (χ4n) is 1.05. The molecule has 0 saturated carbocycles. The minimum absolute atomic E-state index is 0.679. The van der Waals surface area contributed by atoms with E-state index in [-0.39, 0.29) is 0 Å². The van der Waals surface area contributed by atoms with Gasteiger partial charge in [0.25, 0.3) is 0 Å². The molecule has 0 spiro atoms. The second kappa shape index (κ2) is 6.46. The van der Waals surface area contributed by atoms with E-state index in [9.17, 15) is 4.79 Å². The van der Waals surface area contributed by atoms with Crippen LogP contribution in [0.4, 0.5) is 0 Å². The predicted molar refractivity (Wildman–Crippen MR) is 56.5 cm³/mol. The van der Waals surface area contributed by atoms with Gasteiger partial charge in [-0.1, -0.05) is 26.0 Å². The summed E-state index contributed by atoms with van der Waals surface area (Å²) in [6.45, 7) is 8.83. The fraction of sp³-hybridized carbons (Fsp3) is 0.545. The average molecular weight is 181 g/mol. The van der Waals surface area contributed by atoms with Gasteiger partial charge in [-0.15, -0.1) is 0 Å². The first-order valence-electron chi connectivity index (χ1n) is 4.69. The summed E-state index contributed by atoms with van der Waals surface area (Å²) in [5, 5.41) is 0. The molecule has 0 bridgehead atoms. The molecular weight excluding hydrogens is 162 g/mol.